The fourth-order valence-electron chi connectivity index (χ4n) is 1.20. The molecule has 90 valence electrons. The van der Waals surface area contributed by atoms with E-state index in [2.05, 4.69) is 4.74 Å². The molecule has 7 nitrogen and oxygen atoms in total. The van der Waals surface area contributed by atoms with Crippen LogP contribution in [0.15, 0.2) is 12.1 Å². The molecule has 1 aromatic rings. The van der Waals surface area contributed by atoms with Crippen LogP contribution in [0.5, 0.6) is 5.75 Å². The molecule has 0 aliphatic rings. The van der Waals surface area contributed by atoms with Gasteiger partial charge in [0, 0.05) is 13.0 Å². The number of carbonyl (C=O) groups is 2. The molecule has 0 spiro atoms. The number of ether oxygens (including phenoxy) is 1. The SMILES string of the molecule is CC(=O)OCc1cc(C=O)c(O)c([N+](=O)[O-])c1. The van der Waals surface area contributed by atoms with Crippen molar-refractivity contribution in [3.63, 3.8) is 0 Å². The second-order valence-electron chi connectivity index (χ2n) is 3.21. The molecule has 0 radical (unpaired) electrons. The van der Waals surface area contributed by atoms with E-state index in [0.29, 0.717) is 6.29 Å². The second kappa shape index (κ2) is 5.06. The van der Waals surface area contributed by atoms with E-state index in [0.717, 1.165) is 6.07 Å². The number of carbonyl (C=O) groups excluding carboxylic acids is 2. The van der Waals surface area contributed by atoms with Gasteiger partial charge in [-0.15, -0.1) is 0 Å². The van der Waals surface area contributed by atoms with Crippen molar-refractivity contribution in [3.8, 4) is 5.75 Å². The van der Waals surface area contributed by atoms with Crippen molar-refractivity contribution in [1.29, 1.82) is 0 Å². The lowest BCUT2D eigenvalue weighted by atomic mass is 10.1. The first-order chi connectivity index (χ1) is 7.95. The van der Waals surface area contributed by atoms with Crippen LogP contribution in [0.25, 0.3) is 0 Å². The van der Waals surface area contributed by atoms with Crippen LogP contribution in [0.1, 0.15) is 22.8 Å². The van der Waals surface area contributed by atoms with Crippen LogP contribution in [0.4, 0.5) is 5.69 Å². The fourth-order valence-corrected chi connectivity index (χ4v) is 1.20. The number of nitro groups is 1. The number of rotatable bonds is 4. The molecule has 1 rings (SSSR count). The lowest BCUT2D eigenvalue weighted by molar-refractivity contribution is -0.386. The zero-order chi connectivity index (χ0) is 13.0. The predicted octanol–water partition coefficient (Wildman–Crippen LogP) is 1.18. The molecule has 1 aromatic carbocycles. The minimum Gasteiger partial charge on any atom is -0.502 e. The molecule has 0 bridgehead atoms. The van der Waals surface area contributed by atoms with Gasteiger partial charge in [-0.2, -0.15) is 0 Å². The third-order valence-electron chi connectivity index (χ3n) is 1.94. The number of nitrogens with zero attached hydrogens (tertiary/aromatic N) is 1. The Hall–Kier alpha value is -2.44. The van der Waals surface area contributed by atoms with Gasteiger partial charge in [-0.1, -0.05) is 0 Å². The van der Waals surface area contributed by atoms with Crippen LogP contribution in [-0.4, -0.2) is 22.3 Å². The lowest BCUT2D eigenvalue weighted by Gasteiger charge is -2.05. The molecule has 0 amide bonds. The summed E-state index contributed by atoms with van der Waals surface area (Å²) in [6, 6.07) is 2.27. The van der Waals surface area contributed by atoms with E-state index in [1.807, 2.05) is 0 Å². The van der Waals surface area contributed by atoms with Gasteiger partial charge in [0.2, 0.25) is 5.75 Å². The first-order valence-electron chi connectivity index (χ1n) is 4.54. The van der Waals surface area contributed by atoms with E-state index < -0.39 is 22.3 Å². The number of aromatic hydroxyl groups is 1. The number of aldehydes is 1. The van der Waals surface area contributed by atoms with Crippen molar-refractivity contribution in [2.24, 2.45) is 0 Å². The Labute approximate surface area is 95.8 Å². The summed E-state index contributed by atoms with van der Waals surface area (Å²) in [6.45, 7) is 0.993. The third kappa shape index (κ3) is 3.00. The molecule has 0 atom stereocenters. The summed E-state index contributed by atoms with van der Waals surface area (Å²) < 4.78 is 4.64. The molecule has 0 unspecified atom stereocenters. The van der Waals surface area contributed by atoms with Gasteiger partial charge in [0.05, 0.1) is 10.5 Å². The first kappa shape index (κ1) is 12.6. The topological polar surface area (TPSA) is 107 Å². The normalized spacial score (nSPS) is 9.71. The maximum atomic E-state index is 10.6. The van der Waals surface area contributed by atoms with E-state index in [1.165, 1.54) is 13.0 Å². The van der Waals surface area contributed by atoms with Gasteiger partial charge < -0.3 is 9.84 Å². The summed E-state index contributed by atoms with van der Waals surface area (Å²) in [4.78, 5) is 31.0. The Morgan fingerprint density at radius 3 is 2.71 bits per heavy atom. The Balaban J connectivity index is 3.15. The quantitative estimate of drug-likeness (QED) is 0.366. The Kier molecular flexibility index (Phi) is 3.76. The maximum Gasteiger partial charge on any atom is 0.311 e. The van der Waals surface area contributed by atoms with Crippen molar-refractivity contribution < 1.29 is 24.4 Å². The summed E-state index contributed by atoms with van der Waals surface area (Å²) in [5.74, 6) is -1.25. The smallest absolute Gasteiger partial charge is 0.311 e. The molecule has 0 saturated heterocycles. The van der Waals surface area contributed by atoms with Crippen LogP contribution in [0.3, 0.4) is 0 Å². The van der Waals surface area contributed by atoms with Crippen LogP contribution in [-0.2, 0) is 16.1 Å². The molecule has 0 aromatic heterocycles. The molecule has 0 fully saturated rings. The maximum absolute atomic E-state index is 10.6. The lowest BCUT2D eigenvalue weighted by Crippen LogP contribution is -2.01. The van der Waals surface area contributed by atoms with E-state index in [1.54, 1.807) is 0 Å². The first-order valence-corrected chi connectivity index (χ1v) is 4.54. The molecular formula is C10H9NO6. The number of phenols is 1. The molecule has 1 N–H and O–H groups in total. The standard InChI is InChI=1S/C10H9NO6/c1-6(13)17-5-7-2-8(4-12)10(14)9(3-7)11(15)16/h2-4,14H,5H2,1H3. The third-order valence-corrected chi connectivity index (χ3v) is 1.94. The highest BCUT2D eigenvalue weighted by molar-refractivity contribution is 5.82. The number of benzene rings is 1. The van der Waals surface area contributed by atoms with Gasteiger partial charge in [0.25, 0.3) is 0 Å². The minimum absolute atomic E-state index is 0.197. The van der Waals surface area contributed by atoms with Gasteiger partial charge in [-0.25, -0.2) is 0 Å². The summed E-state index contributed by atoms with van der Waals surface area (Å²) in [6.07, 6.45) is 0.291. The molecule has 0 aliphatic heterocycles. The highest BCUT2D eigenvalue weighted by atomic mass is 16.6. The van der Waals surface area contributed by atoms with Crippen LogP contribution in [0, 0.1) is 10.1 Å². The van der Waals surface area contributed by atoms with Gasteiger partial charge in [0.15, 0.2) is 6.29 Å². The summed E-state index contributed by atoms with van der Waals surface area (Å²) in [5.41, 5.74) is -0.565. The highest BCUT2D eigenvalue weighted by Crippen LogP contribution is 2.30. The van der Waals surface area contributed by atoms with Crippen LogP contribution < -0.4 is 0 Å². The van der Waals surface area contributed by atoms with E-state index in [4.69, 9.17) is 0 Å². The summed E-state index contributed by atoms with van der Waals surface area (Å²) in [5, 5.41) is 20.0. The zero-order valence-electron chi connectivity index (χ0n) is 8.87. The van der Waals surface area contributed by atoms with Crippen LogP contribution in [0.2, 0.25) is 0 Å². The largest absolute Gasteiger partial charge is 0.502 e. The predicted molar refractivity (Wildman–Crippen MR) is 55.6 cm³/mol. The number of nitro benzene ring substituents is 1. The summed E-state index contributed by atoms with van der Waals surface area (Å²) >= 11 is 0. The molecule has 0 aliphatic carbocycles. The van der Waals surface area contributed by atoms with E-state index >= 15 is 0 Å². The zero-order valence-corrected chi connectivity index (χ0v) is 8.87. The average Bonchev–Trinajstić information content (AvgIpc) is 2.27. The second-order valence-corrected chi connectivity index (χ2v) is 3.21. The molecule has 7 heteroatoms. The average molecular weight is 239 g/mol. The number of hydrogen-bond acceptors (Lipinski definition) is 6. The molecule has 0 heterocycles. The number of hydrogen-bond donors (Lipinski definition) is 1. The Morgan fingerprint density at radius 2 is 2.24 bits per heavy atom. The van der Waals surface area contributed by atoms with E-state index in [9.17, 15) is 24.8 Å². The fraction of sp³-hybridized carbons (Fsp3) is 0.200. The van der Waals surface area contributed by atoms with Crippen molar-refractivity contribution in [2.45, 2.75) is 13.5 Å². The van der Waals surface area contributed by atoms with Crippen molar-refractivity contribution >= 4 is 17.9 Å². The van der Waals surface area contributed by atoms with Crippen molar-refractivity contribution in [3.05, 3.63) is 33.4 Å². The van der Waals surface area contributed by atoms with Gasteiger partial charge in [0.1, 0.15) is 6.61 Å². The van der Waals surface area contributed by atoms with E-state index in [-0.39, 0.29) is 17.7 Å². The minimum atomic E-state index is -0.820. The van der Waals surface area contributed by atoms with Crippen LogP contribution >= 0.6 is 0 Å². The van der Waals surface area contributed by atoms with Crippen molar-refractivity contribution in [1.82, 2.24) is 0 Å². The van der Waals surface area contributed by atoms with Crippen molar-refractivity contribution in [2.75, 3.05) is 0 Å². The Bertz CT molecular complexity index is 482. The summed E-state index contributed by atoms with van der Waals surface area (Å²) in [7, 11) is 0. The number of esters is 1. The molecular weight excluding hydrogens is 230 g/mol. The number of phenolic OH excluding ortho intramolecular Hbond substituents is 1. The van der Waals surface area contributed by atoms with Gasteiger partial charge >= 0.3 is 11.7 Å². The Morgan fingerprint density at radius 1 is 1.59 bits per heavy atom. The molecule has 17 heavy (non-hydrogen) atoms. The van der Waals surface area contributed by atoms with Gasteiger partial charge in [-0.05, 0) is 11.6 Å². The van der Waals surface area contributed by atoms with Gasteiger partial charge in [-0.3, -0.25) is 19.7 Å². The highest BCUT2D eigenvalue weighted by Gasteiger charge is 2.19. The molecule has 0 saturated carbocycles. The monoisotopic (exact) mass is 239 g/mol.